The molecule has 0 fully saturated rings. The Labute approximate surface area is 121 Å². The van der Waals surface area contributed by atoms with Gasteiger partial charge >= 0.3 is 0 Å². The highest BCUT2D eigenvalue weighted by atomic mass is 32.1. The lowest BCUT2D eigenvalue weighted by atomic mass is 10.2. The summed E-state index contributed by atoms with van der Waals surface area (Å²) in [4.78, 5) is 21.9. The van der Waals surface area contributed by atoms with Gasteiger partial charge in [0.1, 0.15) is 0 Å². The van der Waals surface area contributed by atoms with E-state index in [1.54, 1.807) is 10.4 Å². The molecule has 2 rings (SSSR count). The minimum absolute atomic E-state index is 0.0601. The van der Waals surface area contributed by atoms with Gasteiger partial charge < -0.3 is 14.7 Å². The molecule has 0 aliphatic carbocycles. The predicted octanol–water partition coefficient (Wildman–Crippen LogP) is 1.40. The van der Waals surface area contributed by atoms with Gasteiger partial charge in [-0.3, -0.25) is 4.79 Å². The smallest absolute Gasteiger partial charge is 0.265 e. The molecule has 1 amide bonds. The van der Waals surface area contributed by atoms with Crippen LogP contribution in [0, 0.1) is 0 Å². The Morgan fingerprint density at radius 3 is 2.95 bits per heavy atom. The molecule has 2 aromatic rings. The van der Waals surface area contributed by atoms with E-state index in [0.29, 0.717) is 24.7 Å². The maximum absolute atomic E-state index is 11.8. The monoisotopic (exact) mass is 295 g/mol. The molecule has 0 saturated carbocycles. The summed E-state index contributed by atoms with van der Waals surface area (Å²) in [6, 6.07) is -0.0891. The van der Waals surface area contributed by atoms with Gasteiger partial charge in [-0.05, 0) is 12.1 Å². The maximum atomic E-state index is 11.8. The molecular formula is C12H17N5O2S. The first kappa shape index (κ1) is 14.4. The molecule has 0 aliphatic heterocycles. The number of nitrogens with zero attached hydrogens (tertiary/aromatic N) is 4. The van der Waals surface area contributed by atoms with Crippen LogP contribution in [-0.4, -0.2) is 35.1 Å². The summed E-state index contributed by atoms with van der Waals surface area (Å²) in [6.07, 6.45) is 0.736. The zero-order chi connectivity index (χ0) is 14.5. The van der Waals surface area contributed by atoms with Gasteiger partial charge in [0.05, 0.1) is 17.2 Å². The van der Waals surface area contributed by atoms with E-state index in [1.807, 2.05) is 26.4 Å². The number of hydrogen-bond acceptors (Lipinski definition) is 7. The Hall–Kier alpha value is -1.96. The molecule has 0 bridgehead atoms. The molecule has 1 unspecified atom stereocenters. The topological polar surface area (TPSA) is 84.2 Å². The number of anilines is 1. The van der Waals surface area contributed by atoms with Crippen LogP contribution in [0.5, 0.6) is 0 Å². The normalized spacial score (nSPS) is 12.2. The molecule has 0 radical (unpaired) electrons. The lowest BCUT2D eigenvalue weighted by Gasteiger charge is -2.10. The van der Waals surface area contributed by atoms with Crippen molar-refractivity contribution in [3.05, 3.63) is 22.5 Å². The fourth-order valence-electron chi connectivity index (χ4n) is 1.57. The standard InChI is InChI=1S/C12H17N5O2S/c1-8(9-6-20-7-13-9)14-10(18)4-5-11-15-12(16-19-11)17(2)3/h6-8H,4-5H2,1-3H3,(H,14,18). The SMILES string of the molecule is CC(NC(=O)CCc1nc(N(C)C)no1)c1cscn1. The van der Waals surface area contributed by atoms with Crippen molar-refractivity contribution in [1.82, 2.24) is 20.4 Å². The molecule has 0 aliphatic rings. The number of thiazole rings is 1. The van der Waals surface area contributed by atoms with Crippen LogP contribution in [0.25, 0.3) is 0 Å². The minimum atomic E-state index is -0.0891. The lowest BCUT2D eigenvalue weighted by Crippen LogP contribution is -2.27. The third kappa shape index (κ3) is 3.77. The van der Waals surface area contributed by atoms with Crippen LogP contribution in [-0.2, 0) is 11.2 Å². The summed E-state index contributed by atoms with van der Waals surface area (Å²) < 4.78 is 5.06. The van der Waals surface area contributed by atoms with E-state index in [9.17, 15) is 4.79 Å². The van der Waals surface area contributed by atoms with Crippen molar-refractivity contribution in [2.75, 3.05) is 19.0 Å². The zero-order valence-corrected chi connectivity index (χ0v) is 12.5. The van der Waals surface area contributed by atoms with Gasteiger partial charge in [0.25, 0.3) is 5.95 Å². The zero-order valence-electron chi connectivity index (χ0n) is 11.7. The van der Waals surface area contributed by atoms with Crippen LogP contribution in [0.3, 0.4) is 0 Å². The molecule has 108 valence electrons. The molecule has 1 atom stereocenters. The summed E-state index contributed by atoms with van der Waals surface area (Å²) in [7, 11) is 3.66. The second kappa shape index (κ2) is 6.47. The number of nitrogens with one attached hydrogen (secondary N) is 1. The summed E-state index contributed by atoms with van der Waals surface area (Å²) >= 11 is 1.51. The van der Waals surface area contributed by atoms with E-state index in [0.717, 1.165) is 5.69 Å². The van der Waals surface area contributed by atoms with Crippen molar-refractivity contribution in [3.8, 4) is 0 Å². The van der Waals surface area contributed by atoms with Crippen LogP contribution in [0.1, 0.15) is 31.0 Å². The largest absolute Gasteiger partial charge is 0.348 e. The summed E-state index contributed by atoms with van der Waals surface area (Å²) in [5.41, 5.74) is 2.62. The van der Waals surface area contributed by atoms with E-state index in [4.69, 9.17) is 4.52 Å². The predicted molar refractivity (Wildman–Crippen MR) is 75.6 cm³/mol. The Morgan fingerprint density at radius 1 is 1.55 bits per heavy atom. The first-order valence-electron chi connectivity index (χ1n) is 6.23. The fourth-order valence-corrected chi connectivity index (χ4v) is 2.22. The van der Waals surface area contributed by atoms with Gasteiger partial charge in [-0.1, -0.05) is 0 Å². The van der Waals surface area contributed by atoms with Crippen molar-refractivity contribution in [2.45, 2.75) is 25.8 Å². The lowest BCUT2D eigenvalue weighted by molar-refractivity contribution is -0.121. The first-order chi connectivity index (χ1) is 9.56. The molecule has 0 saturated heterocycles. The number of amides is 1. The quantitative estimate of drug-likeness (QED) is 0.867. The fraction of sp³-hybridized carbons (Fsp3) is 0.500. The number of aromatic nitrogens is 3. The Morgan fingerprint density at radius 2 is 2.35 bits per heavy atom. The third-order valence-electron chi connectivity index (χ3n) is 2.70. The number of carbonyl (C=O) groups excluding carboxylic acids is 1. The van der Waals surface area contributed by atoms with Crippen molar-refractivity contribution in [1.29, 1.82) is 0 Å². The molecular weight excluding hydrogens is 278 g/mol. The molecule has 0 aromatic carbocycles. The molecule has 0 spiro atoms. The van der Waals surface area contributed by atoms with Gasteiger partial charge in [0.2, 0.25) is 11.8 Å². The molecule has 2 aromatic heterocycles. The van der Waals surface area contributed by atoms with Crippen LogP contribution in [0.2, 0.25) is 0 Å². The van der Waals surface area contributed by atoms with E-state index in [2.05, 4.69) is 20.4 Å². The number of carbonyl (C=O) groups is 1. The molecule has 8 heteroatoms. The second-order valence-electron chi connectivity index (χ2n) is 4.59. The van der Waals surface area contributed by atoms with Crippen LogP contribution < -0.4 is 10.2 Å². The molecule has 20 heavy (non-hydrogen) atoms. The maximum Gasteiger partial charge on any atom is 0.265 e. The highest BCUT2D eigenvalue weighted by Gasteiger charge is 2.13. The number of aryl methyl sites for hydroxylation is 1. The Bertz CT molecular complexity index is 552. The van der Waals surface area contributed by atoms with Gasteiger partial charge in [-0.25, -0.2) is 4.98 Å². The summed E-state index contributed by atoms with van der Waals surface area (Å²) in [6.45, 7) is 1.91. The average molecular weight is 295 g/mol. The molecule has 2 heterocycles. The van der Waals surface area contributed by atoms with E-state index >= 15 is 0 Å². The molecule has 1 N–H and O–H groups in total. The summed E-state index contributed by atoms with van der Waals surface area (Å²) in [5, 5.41) is 8.60. The number of hydrogen-bond donors (Lipinski definition) is 1. The van der Waals surface area contributed by atoms with Crippen LogP contribution in [0.4, 0.5) is 5.95 Å². The van der Waals surface area contributed by atoms with Gasteiger partial charge in [0.15, 0.2) is 0 Å². The van der Waals surface area contributed by atoms with Crippen LogP contribution in [0.15, 0.2) is 15.4 Å². The first-order valence-corrected chi connectivity index (χ1v) is 7.18. The average Bonchev–Trinajstić information content (AvgIpc) is 3.07. The van der Waals surface area contributed by atoms with Gasteiger partial charge in [-0.15, -0.1) is 11.3 Å². The molecule has 7 nitrogen and oxygen atoms in total. The van der Waals surface area contributed by atoms with Crippen LogP contribution >= 0.6 is 11.3 Å². The van der Waals surface area contributed by atoms with Gasteiger partial charge in [-0.2, -0.15) is 4.98 Å². The van der Waals surface area contributed by atoms with E-state index < -0.39 is 0 Å². The van der Waals surface area contributed by atoms with Crippen molar-refractivity contribution in [3.63, 3.8) is 0 Å². The van der Waals surface area contributed by atoms with Gasteiger partial charge in [0, 0.05) is 32.3 Å². The van der Waals surface area contributed by atoms with E-state index in [-0.39, 0.29) is 11.9 Å². The number of rotatable bonds is 6. The van der Waals surface area contributed by atoms with Crippen molar-refractivity contribution in [2.24, 2.45) is 0 Å². The van der Waals surface area contributed by atoms with Crippen molar-refractivity contribution < 1.29 is 9.32 Å². The highest BCUT2D eigenvalue weighted by molar-refractivity contribution is 7.07. The van der Waals surface area contributed by atoms with Crippen molar-refractivity contribution >= 4 is 23.2 Å². The Kier molecular flexibility index (Phi) is 4.67. The second-order valence-corrected chi connectivity index (χ2v) is 5.30. The van der Waals surface area contributed by atoms with E-state index in [1.165, 1.54) is 11.3 Å². The highest BCUT2D eigenvalue weighted by Crippen LogP contribution is 2.12. The Balaban J connectivity index is 1.80. The summed E-state index contributed by atoms with van der Waals surface area (Å²) in [5.74, 6) is 0.913. The third-order valence-corrected chi connectivity index (χ3v) is 3.30. The minimum Gasteiger partial charge on any atom is -0.348 e.